The molecule has 210 valence electrons. The van der Waals surface area contributed by atoms with Crippen molar-refractivity contribution in [3.63, 3.8) is 0 Å². The second-order valence-electron chi connectivity index (χ2n) is 10.6. The van der Waals surface area contributed by atoms with E-state index in [1.807, 2.05) is 52.0 Å². The average Bonchev–Trinajstić information content (AvgIpc) is 2.89. The van der Waals surface area contributed by atoms with Crippen molar-refractivity contribution < 1.29 is 19.1 Å². The average molecular weight is 585 g/mol. The molecule has 0 spiro atoms. The molecule has 40 heavy (non-hydrogen) atoms. The third-order valence-corrected chi connectivity index (χ3v) is 7.12. The minimum atomic E-state index is -0.523. The molecule has 10 nitrogen and oxygen atoms in total. The van der Waals surface area contributed by atoms with Gasteiger partial charge in [-0.15, -0.1) is 0 Å². The number of carbonyl (C=O) groups excluding carboxylic acids is 2. The molecule has 1 atom stereocenters. The van der Waals surface area contributed by atoms with Crippen LogP contribution in [0.4, 0.5) is 27.8 Å². The van der Waals surface area contributed by atoms with Gasteiger partial charge in [-0.2, -0.15) is 4.98 Å². The summed E-state index contributed by atoms with van der Waals surface area (Å²) in [7, 11) is 0. The highest BCUT2D eigenvalue weighted by Crippen LogP contribution is 2.37. The van der Waals surface area contributed by atoms with Gasteiger partial charge >= 0.3 is 6.09 Å². The van der Waals surface area contributed by atoms with Crippen LogP contribution in [-0.4, -0.2) is 64.9 Å². The van der Waals surface area contributed by atoms with Gasteiger partial charge < -0.3 is 24.6 Å². The molecule has 1 saturated heterocycles. The number of fused-ring (bicyclic) bond motifs is 1. The maximum absolute atomic E-state index is 13.1. The number of rotatable bonds is 4. The molecule has 12 heteroatoms. The fourth-order valence-electron chi connectivity index (χ4n) is 4.59. The zero-order chi connectivity index (χ0) is 28.6. The zero-order valence-electron chi connectivity index (χ0n) is 22.6. The van der Waals surface area contributed by atoms with Crippen molar-refractivity contribution in [1.29, 1.82) is 0 Å². The number of halogens is 2. The molecule has 1 unspecified atom stereocenters. The van der Waals surface area contributed by atoms with E-state index in [0.717, 1.165) is 11.4 Å². The van der Waals surface area contributed by atoms with Crippen LogP contribution in [0.1, 0.15) is 38.1 Å². The van der Waals surface area contributed by atoms with Crippen LogP contribution in [0, 0.1) is 0 Å². The number of piperazine rings is 1. The summed E-state index contributed by atoms with van der Waals surface area (Å²) in [6.07, 6.45) is 1.14. The first-order valence-corrected chi connectivity index (χ1v) is 13.6. The van der Waals surface area contributed by atoms with Crippen LogP contribution in [0.25, 0.3) is 0 Å². The van der Waals surface area contributed by atoms with Gasteiger partial charge in [0.1, 0.15) is 11.2 Å². The van der Waals surface area contributed by atoms with E-state index in [1.165, 1.54) is 11.1 Å². The SMILES string of the molecule is CC1CN(c2ccc(Nc3ncc4c(n3)OCN(c3c(Cl)cccc3Cl)C4=O)cc2)CCN1C(=O)OC(C)(C)C. The second-order valence-corrected chi connectivity index (χ2v) is 11.4. The first kappa shape index (κ1) is 27.8. The van der Waals surface area contributed by atoms with Gasteiger partial charge in [-0.1, -0.05) is 29.3 Å². The summed E-state index contributed by atoms with van der Waals surface area (Å²) in [6.45, 7) is 9.53. The fraction of sp³-hybridized carbons (Fsp3) is 0.357. The monoisotopic (exact) mass is 584 g/mol. The molecule has 2 aromatic carbocycles. The van der Waals surface area contributed by atoms with Gasteiger partial charge in [0.15, 0.2) is 6.73 Å². The predicted octanol–water partition coefficient (Wildman–Crippen LogP) is 5.97. The minimum absolute atomic E-state index is 0.0119. The summed E-state index contributed by atoms with van der Waals surface area (Å²) in [4.78, 5) is 39.7. The molecular weight excluding hydrogens is 555 g/mol. The third kappa shape index (κ3) is 5.88. The van der Waals surface area contributed by atoms with Crippen LogP contribution in [-0.2, 0) is 4.74 Å². The number of anilines is 4. The largest absolute Gasteiger partial charge is 0.455 e. The Morgan fingerprint density at radius 3 is 2.45 bits per heavy atom. The number of aromatic nitrogens is 2. The number of para-hydroxylation sites is 1. The highest BCUT2D eigenvalue weighted by Gasteiger charge is 2.32. The van der Waals surface area contributed by atoms with Crippen molar-refractivity contribution >= 4 is 58.2 Å². The van der Waals surface area contributed by atoms with Crippen molar-refractivity contribution in [1.82, 2.24) is 14.9 Å². The lowest BCUT2D eigenvalue weighted by Crippen LogP contribution is -2.55. The smallest absolute Gasteiger partial charge is 0.410 e. The highest BCUT2D eigenvalue weighted by atomic mass is 35.5. The summed E-state index contributed by atoms with van der Waals surface area (Å²) >= 11 is 12.6. The second kappa shape index (κ2) is 11.0. The molecule has 2 aliphatic rings. The summed E-state index contributed by atoms with van der Waals surface area (Å²) in [5, 5.41) is 3.84. The van der Waals surface area contributed by atoms with Gasteiger partial charge in [-0.25, -0.2) is 9.78 Å². The molecule has 0 aliphatic carbocycles. The maximum atomic E-state index is 13.1. The minimum Gasteiger partial charge on any atom is -0.455 e. The van der Waals surface area contributed by atoms with E-state index in [9.17, 15) is 9.59 Å². The molecule has 1 N–H and O–H groups in total. The molecule has 5 rings (SSSR count). The van der Waals surface area contributed by atoms with Crippen molar-refractivity contribution in [3.05, 3.63) is 64.3 Å². The molecular formula is C28H30Cl2N6O4. The van der Waals surface area contributed by atoms with E-state index in [0.29, 0.717) is 41.3 Å². The Balaban J connectivity index is 1.22. The molecule has 2 aliphatic heterocycles. The lowest BCUT2D eigenvalue weighted by Gasteiger charge is -2.41. The van der Waals surface area contributed by atoms with Crippen LogP contribution in [0.3, 0.4) is 0 Å². The quantitative estimate of drug-likeness (QED) is 0.400. The van der Waals surface area contributed by atoms with E-state index in [2.05, 4.69) is 20.2 Å². The molecule has 1 fully saturated rings. The lowest BCUT2D eigenvalue weighted by atomic mass is 10.1. The summed E-state index contributed by atoms with van der Waals surface area (Å²) in [6, 6.07) is 12.9. The van der Waals surface area contributed by atoms with E-state index < -0.39 is 5.60 Å². The Morgan fingerprint density at radius 2 is 1.80 bits per heavy atom. The number of benzene rings is 2. The van der Waals surface area contributed by atoms with Crippen molar-refractivity contribution in [2.45, 2.75) is 39.3 Å². The Bertz CT molecular complexity index is 1410. The van der Waals surface area contributed by atoms with Crippen molar-refractivity contribution in [3.8, 4) is 5.88 Å². The van der Waals surface area contributed by atoms with Gasteiger partial charge in [0.25, 0.3) is 5.91 Å². The van der Waals surface area contributed by atoms with Gasteiger partial charge in [0.05, 0.1) is 15.7 Å². The third-order valence-electron chi connectivity index (χ3n) is 6.51. The van der Waals surface area contributed by atoms with Crippen molar-refractivity contribution in [2.75, 3.05) is 41.5 Å². The Labute approximate surface area is 242 Å². The van der Waals surface area contributed by atoms with Gasteiger partial charge in [0, 0.05) is 43.2 Å². The number of nitrogens with one attached hydrogen (secondary N) is 1. The van der Waals surface area contributed by atoms with E-state index in [4.69, 9.17) is 32.7 Å². The standard InChI is InChI=1S/C28H30Cl2N6O4/c1-17-15-34(12-13-35(17)27(38)40-28(2,3)4)19-10-8-18(9-11-19)32-26-31-14-20-24(33-26)39-16-36(25(20)37)23-21(29)6-5-7-22(23)30/h5-11,14,17H,12-13,15-16H2,1-4H3,(H,31,32,33). The van der Waals surface area contributed by atoms with Crippen LogP contribution >= 0.6 is 23.2 Å². The predicted molar refractivity (Wildman–Crippen MR) is 155 cm³/mol. The molecule has 2 amide bonds. The number of carbonyl (C=O) groups is 2. The van der Waals surface area contributed by atoms with E-state index >= 15 is 0 Å². The number of nitrogens with zero attached hydrogens (tertiary/aromatic N) is 5. The van der Waals surface area contributed by atoms with Crippen molar-refractivity contribution in [2.24, 2.45) is 0 Å². The number of amides is 2. The summed E-state index contributed by atoms with van der Waals surface area (Å²) < 4.78 is 11.3. The number of ether oxygens (including phenoxy) is 2. The first-order valence-electron chi connectivity index (χ1n) is 12.9. The first-order chi connectivity index (χ1) is 19.0. The molecule has 0 bridgehead atoms. The van der Waals surface area contributed by atoms with E-state index in [-0.39, 0.29) is 36.2 Å². The van der Waals surface area contributed by atoms with Gasteiger partial charge in [-0.3, -0.25) is 9.69 Å². The van der Waals surface area contributed by atoms with Crippen LogP contribution in [0.15, 0.2) is 48.7 Å². The van der Waals surface area contributed by atoms with Gasteiger partial charge in [0.2, 0.25) is 11.8 Å². The maximum Gasteiger partial charge on any atom is 0.410 e. The van der Waals surface area contributed by atoms with Crippen LogP contribution in [0.5, 0.6) is 5.88 Å². The number of hydrogen-bond donors (Lipinski definition) is 1. The highest BCUT2D eigenvalue weighted by molar-refractivity contribution is 6.40. The summed E-state index contributed by atoms with van der Waals surface area (Å²) in [5.74, 6) is 0.117. The summed E-state index contributed by atoms with van der Waals surface area (Å²) in [5.41, 5.74) is 1.88. The van der Waals surface area contributed by atoms with Crippen LogP contribution < -0.4 is 19.9 Å². The van der Waals surface area contributed by atoms with Crippen LogP contribution in [0.2, 0.25) is 10.0 Å². The molecule has 1 aromatic heterocycles. The Hall–Kier alpha value is -3.76. The fourth-order valence-corrected chi connectivity index (χ4v) is 5.20. The molecule has 0 radical (unpaired) electrons. The molecule has 0 saturated carbocycles. The topological polar surface area (TPSA) is 100 Å². The molecule has 3 aromatic rings. The van der Waals surface area contributed by atoms with Gasteiger partial charge in [-0.05, 0) is 64.1 Å². The number of hydrogen-bond acceptors (Lipinski definition) is 8. The Kier molecular flexibility index (Phi) is 7.65. The normalized spacial score (nSPS) is 17.3. The Morgan fingerprint density at radius 1 is 1.10 bits per heavy atom. The lowest BCUT2D eigenvalue weighted by molar-refractivity contribution is 0.0159. The zero-order valence-corrected chi connectivity index (χ0v) is 24.2. The molecule has 3 heterocycles. The van der Waals surface area contributed by atoms with E-state index in [1.54, 1.807) is 23.1 Å².